The van der Waals surface area contributed by atoms with E-state index in [1.54, 1.807) is 25.4 Å². The molecule has 0 bridgehead atoms. The third-order valence-corrected chi connectivity index (χ3v) is 2.93. The van der Waals surface area contributed by atoms with Gasteiger partial charge in [-0.3, -0.25) is 0 Å². The Labute approximate surface area is 112 Å². The summed E-state index contributed by atoms with van der Waals surface area (Å²) in [6.45, 7) is 0.276. The fraction of sp³-hybridized carbons (Fsp3) is 0.250. The molecule has 0 saturated heterocycles. The van der Waals surface area contributed by atoms with Crippen LogP contribution in [0.1, 0.15) is 11.1 Å². The summed E-state index contributed by atoms with van der Waals surface area (Å²) in [5.74, 6) is 1.14. The zero-order valence-corrected chi connectivity index (χ0v) is 11.3. The minimum absolute atomic E-state index is 0.0547. The van der Waals surface area contributed by atoms with Gasteiger partial charge in [-0.05, 0) is 33.6 Å². The molecule has 0 aliphatic rings. The van der Waals surface area contributed by atoms with Crippen LogP contribution in [-0.2, 0) is 13.2 Å². The van der Waals surface area contributed by atoms with Crippen molar-refractivity contribution in [3.63, 3.8) is 0 Å². The summed E-state index contributed by atoms with van der Waals surface area (Å²) in [6.07, 6.45) is 3.10. The molecule has 0 fully saturated rings. The van der Waals surface area contributed by atoms with E-state index in [-0.39, 0.29) is 6.61 Å². The highest BCUT2D eigenvalue weighted by molar-refractivity contribution is 9.10. The average molecular weight is 314 g/mol. The second-order valence-corrected chi connectivity index (χ2v) is 4.44. The number of nitrogens with zero attached hydrogens (tertiary/aromatic N) is 1. The summed E-state index contributed by atoms with van der Waals surface area (Å²) >= 11 is 3.39. The third-order valence-electron chi connectivity index (χ3n) is 2.34. The Morgan fingerprint density at radius 1 is 1.39 bits per heavy atom. The van der Waals surface area contributed by atoms with Gasteiger partial charge in [0.25, 0.3) is 0 Å². The van der Waals surface area contributed by atoms with Crippen molar-refractivity contribution < 1.29 is 19.1 Å². The maximum Gasteiger partial charge on any atom is 0.175 e. The van der Waals surface area contributed by atoms with E-state index >= 15 is 0 Å². The Kier molecular flexibility index (Phi) is 4.22. The van der Waals surface area contributed by atoms with Crippen LogP contribution in [0.2, 0.25) is 0 Å². The zero-order chi connectivity index (χ0) is 13.0. The van der Waals surface area contributed by atoms with Crippen molar-refractivity contribution in [1.82, 2.24) is 5.16 Å². The predicted octanol–water partition coefficient (Wildman–Crippen LogP) is 2.52. The van der Waals surface area contributed by atoms with E-state index in [4.69, 9.17) is 19.1 Å². The van der Waals surface area contributed by atoms with Gasteiger partial charge in [-0.15, -0.1) is 0 Å². The number of aromatic nitrogens is 1. The molecular weight excluding hydrogens is 302 g/mol. The van der Waals surface area contributed by atoms with Crippen LogP contribution in [0.5, 0.6) is 11.5 Å². The molecule has 0 spiro atoms. The standard InChI is InChI=1S/C12H12BrNO4/c1-16-11-3-8(5-15)2-10(13)12(11)17-6-9-4-14-18-7-9/h2-4,7,15H,5-6H2,1H3. The lowest BCUT2D eigenvalue weighted by Crippen LogP contribution is -1.99. The number of benzene rings is 1. The molecule has 2 rings (SSSR count). The largest absolute Gasteiger partial charge is 0.493 e. The van der Waals surface area contributed by atoms with Crippen molar-refractivity contribution in [2.24, 2.45) is 0 Å². The minimum atomic E-state index is -0.0547. The Bertz CT molecular complexity index is 513. The lowest BCUT2D eigenvalue weighted by atomic mass is 10.2. The maximum atomic E-state index is 9.12. The van der Waals surface area contributed by atoms with Gasteiger partial charge in [0.05, 0.1) is 24.4 Å². The fourth-order valence-corrected chi connectivity index (χ4v) is 2.06. The molecule has 2 aromatic rings. The normalized spacial score (nSPS) is 10.4. The van der Waals surface area contributed by atoms with Crippen LogP contribution in [0.4, 0.5) is 0 Å². The van der Waals surface area contributed by atoms with Crippen LogP contribution in [0.25, 0.3) is 0 Å². The van der Waals surface area contributed by atoms with E-state index in [0.29, 0.717) is 18.1 Å². The van der Waals surface area contributed by atoms with E-state index in [0.717, 1.165) is 15.6 Å². The van der Waals surface area contributed by atoms with Gasteiger partial charge in [0.1, 0.15) is 12.9 Å². The molecule has 5 nitrogen and oxygen atoms in total. The van der Waals surface area contributed by atoms with Crippen molar-refractivity contribution in [1.29, 1.82) is 0 Å². The van der Waals surface area contributed by atoms with Gasteiger partial charge in [-0.2, -0.15) is 0 Å². The van der Waals surface area contributed by atoms with Gasteiger partial charge in [0.2, 0.25) is 0 Å². The third kappa shape index (κ3) is 2.83. The first kappa shape index (κ1) is 12.9. The van der Waals surface area contributed by atoms with E-state index in [9.17, 15) is 0 Å². The number of halogens is 1. The van der Waals surface area contributed by atoms with Crippen molar-refractivity contribution in [3.8, 4) is 11.5 Å². The lowest BCUT2D eigenvalue weighted by Gasteiger charge is -2.13. The number of methoxy groups -OCH3 is 1. The van der Waals surface area contributed by atoms with Crippen molar-refractivity contribution in [2.75, 3.05) is 7.11 Å². The summed E-state index contributed by atoms with van der Waals surface area (Å²) in [5, 5.41) is 12.7. The smallest absolute Gasteiger partial charge is 0.175 e. The van der Waals surface area contributed by atoms with Gasteiger partial charge in [0.15, 0.2) is 11.5 Å². The summed E-state index contributed by atoms with van der Waals surface area (Å²) in [4.78, 5) is 0. The lowest BCUT2D eigenvalue weighted by molar-refractivity contribution is 0.272. The number of aliphatic hydroxyl groups excluding tert-OH is 1. The minimum Gasteiger partial charge on any atom is -0.493 e. The van der Waals surface area contributed by atoms with Gasteiger partial charge < -0.3 is 19.1 Å². The molecule has 6 heteroatoms. The Hall–Kier alpha value is -1.53. The van der Waals surface area contributed by atoms with E-state index < -0.39 is 0 Å². The first-order valence-corrected chi connectivity index (χ1v) is 6.02. The van der Waals surface area contributed by atoms with Crippen molar-refractivity contribution in [3.05, 3.63) is 40.2 Å². The molecule has 0 radical (unpaired) electrons. The first-order valence-electron chi connectivity index (χ1n) is 5.23. The van der Waals surface area contributed by atoms with Gasteiger partial charge in [0, 0.05) is 5.56 Å². The molecule has 0 aliphatic heterocycles. The fourth-order valence-electron chi connectivity index (χ4n) is 1.46. The number of ether oxygens (including phenoxy) is 2. The monoisotopic (exact) mass is 313 g/mol. The molecule has 1 aromatic heterocycles. The molecule has 0 amide bonds. The van der Waals surface area contributed by atoms with E-state index in [1.165, 1.54) is 6.26 Å². The quantitative estimate of drug-likeness (QED) is 0.919. The molecule has 18 heavy (non-hydrogen) atoms. The molecular formula is C12H12BrNO4. The highest BCUT2D eigenvalue weighted by atomic mass is 79.9. The topological polar surface area (TPSA) is 64.7 Å². The molecule has 1 N–H and O–H groups in total. The van der Waals surface area contributed by atoms with Gasteiger partial charge >= 0.3 is 0 Å². The molecule has 0 saturated carbocycles. The van der Waals surface area contributed by atoms with E-state index in [1.807, 2.05) is 0 Å². The number of rotatable bonds is 5. The Morgan fingerprint density at radius 2 is 2.22 bits per heavy atom. The van der Waals surface area contributed by atoms with Gasteiger partial charge in [-0.1, -0.05) is 5.16 Å². The SMILES string of the molecule is COc1cc(CO)cc(Br)c1OCc1cnoc1. The molecule has 1 heterocycles. The van der Waals surface area contributed by atoms with Crippen LogP contribution in [-0.4, -0.2) is 17.4 Å². The van der Waals surface area contributed by atoms with Crippen LogP contribution in [0.3, 0.4) is 0 Å². The van der Waals surface area contributed by atoms with Crippen LogP contribution in [0, 0.1) is 0 Å². The predicted molar refractivity (Wildman–Crippen MR) is 67.5 cm³/mol. The van der Waals surface area contributed by atoms with Crippen molar-refractivity contribution >= 4 is 15.9 Å². The Morgan fingerprint density at radius 3 is 2.83 bits per heavy atom. The molecule has 0 atom stereocenters. The summed E-state index contributed by atoms with van der Waals surface area (Å²) in [6, 6.07) is 3.51. The summed E-state index contributed by atoms with van der Waals surface area (Å²) in [5.41, 5.74) is 1.58. The number of hydrogen-bond donors (Lipinski definition) is 1. The summed E-state index contributed by atoms with van der Waals surface area (Å²) < 4.78 is 16.3. The molecule has 96 valence electrons. The Balaban J connectivity index is 2.20. The maximum absolute atomic E-state index is 9.12. The highest BCUT2D eigenvalue weighted by Gasteiger charge is 2.12. The van der Waals surface area contributed by atoms with Crippen LogP contribution >= 0.6 is 15.9 Å². The van der Waals surface area contributed by atoms with Gasteiger partial charge in [-0.25, -0.2) is 0 Å². The summed E-state index contributed by atoms with van der Waals surface area (Å²) in [7, 11) is 1.55. The number of hydrogen-bond acceptors (Lipinski definition) is 5. The molecule has 0 unspecified atom stereocenters. The van der Waals surface area contributed by atoms with Crippen LogP contribution in [0.15, 0.2) is 33.6 Å². The molecule has 0 aliphatic carbocycles. The second-order valence-electron chi connectivity index (χ2n) is 3.59. The second kappa shape index (κ2) is 5.88. The van der Waals surface area contributed by atoms with E-state index in [2.05, 4.69) is 21.1 Å². The van der Waals surface area contributed by atoms with Crippen LogP contribution < -0.4 is 9.47 Å². The molecule has 1 aromatic carbocycles. The zero-order valence-electron chi connectivity index (χ0n) is 9.72. The highest BCUT2D eigenvalue weighted by Crippen LogP contribution is 2.37. The first-order chi connectivity index (χ1) is 8.74. The average Bonchev–Trinajstić information content (AvgIpc) is 2.89. The number of aliphatic hydroxyl groups is 1. The van der Waals surface area contributed by atoms with Crippen molar-refractivity contribution in [2.45, 2.75) is 13.2 Å².